The Morgan fingerprint density at radius 2 is 2.22 bits per heavy atom. The van der Waals surface area contributed by atoms with E-state index in [1.165, 1.54) is 11.3 Å². The molecule has 0 spiro atoms. The molecule has 18 heavy (non-hydrogen) atoms. The molecule has 0 saturated heterocycles. The highest BCUT2D eigenvalue weighted by atomic mass is 32.1. The van der Waals surface area contributed by atoms with Gasteiger partial charge in [0.05, 0.1) is 16.5 Å². The highest BCUT2D eigenvalue weighted by molar-refractivity contribution is 7.07. The number of anilines is 1. The number of imidazole rings is 1. The summed E-state index contributed by atoms with van der Waals surface area (Å²) in [6, 6.07) is 7.73. The van der Waals surface area contributed by atoms with E-state index >= 15 is 0 Å². The molecule has 0 saturated carbocycles. The number of carbonyl (C=O) groups excluding carboxylic acids is 1. The minimum Gasteiger partial charge on any atom is -0.313 e. The molecule has 2 heterocycles. The maximum absolute atomic E-state index is 11.9. The molecule has 6 heteroatoms. The molecule has 0 radical (unpaired) electrons. The van der Waals surface area contributed by atoms with Crippen molar-refractivity contribution in [2.75, 3.05) is 5.32 Å². The number of nitrogens with zero attached hydrogens (tertiary/aromatic N) is 3. The van der Waals surface area contributed by atoms with Gasteiger partial charge in [-0.1, -0.05) is 12.1 Å². The van der Waals surface area contributed by atoms with Gasteiger partial charge in [0.25, 0.3) is 5.91 Å². The summed E-state index contributed by atoms with van der Waals surface area (Å²) in [5, 5.41) is 4.47. The third-order valence-electron chi connectivity index (χ3n) is 2.68. The van der Waals surface area contributed by atoms with E-state index in [2.05, 4.69) is 15.3 Å². The average Bonchev–Trinajstić information content (AvgIpc) is 3.00. The lowest BCUT2D eigenvalue weighted by atomic mass is 10.3. The van der Waals surface area contributed by atoms with Crippen molar-refractivity contribution in [3.63, 3.8) is 0 Å². The van der Waals surface area contributed by atoms with Crippen molar-refractivity contribution < 1.29 is 4.79 Å². The molecule has 3 aromatic rings. The summed E-state index contributed by atoms with van der Waals surface area (Å²) in [6.45, 7) is 0. The number of fused-ring (bicyclic) bond motifs is 1. The predicted molar refractivity (Wildman–Crippen MR) is 70.8 cm³/mol. The quantitative estimate of drug-likeness (QED) is 0.767. The summed E-state index contributed by atoms with van der Waals surface area (Å²) in [5.41, 5.74) is 3.87. The van der Waals surface area contributed by atoms with Crippen LogP contribution in [0.15, 0.2) is 35.2 Å². The maximum atomic E-state index is 11.9. The fourth-order valence-electron chi connectivity index (χ4n) is 1.75. The van der Waals surface area contributed by atoms with Gasteiger partial charge >= 0.3 is 0 Å². The van der Waals surface area contributed by atoms with Gasteiger partial charge in [0.15, 0.2) is 0 Å². The number of benzene rings is 1. The van der Waals surface area contributed by atoms with Crippen molar-refractivity contribution in [2.45, 2.75) is 0 Å². The van der Waals surface area contributed by atoms with E-state index in [1.807, 2.05) is 35.9 Å². The second-order valence-corrected chi connectivity index (χ2v) is 4.53. The van der Waals surface area contributed by atoms with Crippen LogP contribution in [0.2, 0.25) is 0 Å². The Kier molecular flexibility index (Phi) is 2.56. The molecule has 1 aromatic carbocycles. The van der Waals surface area contributed by atoms with Crippen LogP contribution in [0.4, 0.5) is 5.95 Å². The molecule has 90 valence electrons. The van der Waals surface area contributed by atoms with Crippen molar-refractivity contribution in [1.82, 2.24) is 14.5 Å². The fraction of sp³-hybridized carbons (Fsp3) is 0.0833. The topological polar surface area (TPSA) is 59.8 Å². The largest absolute Gasteiger partial charge is 0.313 e. The van der Waals surface area contributed by atoms with E-state index in [0.717, 1.165) is 11.0 Å². The smallest absolute Gasteiger partial charge is 0.277 e. The molecule has 0 aliphatic rings. The van der Waals surface area contributed by atoms with Gasteiger partial charge in [-0.3, -0.25) is 10.1 Å². The Balaban J connectivity index is 1.96. The molecule has 5 nitrogen and oxygen atoms in total. The molecule has 0 fully saturated rings. The molecule has 0 atom stereocenters. The first-order valence-electron chi connectivity index (χ1n) is 5.37. The highest BCUT2D eigenvalue weighted by Crippen LogP contribution is 2.18. The number of rotatable bonds is 2. The average molecular weight is 258 g/mol. The SMILES string of the molecule is Cn1c(NC(=O)c2cscn2)nc2ccccc21. The van der Waals surface area contributed by atoms with Crippen LogP contribution >= 0.6 is 11.3 Å². The highest BCUT2D eigenvalue weighted by Gasteiger charge is 2.12. The van der Waals surface area contributed by atoms with Gasteiger partial charge in [0.1, 0.15) is 5.69 Å². The zero-order valence-corrected chi connectivity index (χ0v) is 10.4. The first-order valence-corrected chi connectivity index (χ1v) is 6.31. The summed E-state index contributed by atoms with van der Waals surface area (Å²) in [5.74, 6) is 0.281. The lowest BCUT2D eigenvalue weighted by Crippen LogP contribution is -2.15. The van der Waals surface area contributed by atoms with E-state index in [4.69, 9.17) is 0 Å². The Morgan fingerprint density at radius 1 is 1.39 bits per heavy atom. The van der Waals surface area contributed by atoms with E-state index in [0.29, 0.717) is 11.6 Å². The van der Waals surface area contributed by atoms with Crippen LogP contribution in [0.5, 0.6) is 0 Å². The molecular formula is C12H10N4OS. The lowest BCUT2D eigenvalue weighted by molar-refractivity contribution is 0.102. The molecule has 1 N–H and O–H groups in total. The second-order valence-electron chi connectivity index (χ2n) is 3.81. The summed E-state index contributed by atoms with van der Waals surface area (Å²) < 4.78 is 1.85. The Bertz CT molecular complexity index is 702. The summed E-state index contributed by atoms with van der Waals surface area (Å²) in [6.07, 6.45) is 0. The molecule has 0 unspecified atom stereocenters. The van der Waals surface area contributed by atoms with Crippen LogP contribution in [0.1, 0.15) is 10.5 Å². The van der Waals surface area contributed by atoms with Crippen LogP contribution in [-0.4, -0.2) is 20.4 Å². The second kappa shape index (κ2) is 4.23. The number of hydrogen-bond acceptors (Lipinski definition) is 4. The maximum Gasteiger partial charge on any atom is 0.277 e. The third-order valence-corrected chi connectivity index (χ3v) is 3.26. The number of hydrogen-bond donors (Lipinski definition) is 1. The number of thiazole rings is 1. The van der Waals surface area contributed by atoms with Crippen molar-refractivity contribution in [2.24, 2.45) is 7.05 Å². The van der Waals surface area contributed by atoms with E-state index in [-0.39, 0.29) is 5.91 Å². The van der Waals surface area contributed by atoms with Gasteiger partial charge in [-0.25, -0.2) is 9.97 Å². The molecule has 0 aliphatic carbocycles. The first-order chi connectivity index (χ1) is 8.75. The summed E-state index contributed by atoms with van der Waals surface area (Å²) >= 11 is 1.39. The molecular weight excluding hydrogens is 248 g/mol. The monoisotopic (exact) mass is 258 g/mol. The van der Waals surface area contributed by atoms with Gasteiger partial charge in [0.2, 0.25) is 5.95 Å². The van der Waals surface area contributed by atoms with Gasteiger partial charge in [-0.2, -0.15) is 0 Å². The molecule has 0 aliphatic heterocycles. The third kappa shape index (κ3) is 1.76. The van der Waals surface area contributed by atoms with E-state index < -0.39 is 0 Å². The van der Waals surface area contributed by atoms with Crippen molar-refractivity contribution in [3.05, 3.63) is 40.8 Å². The zero-order valence-electron chi connectivity index (χ0n) is 9.62. The van der Waals surface area contributed by atoms with Crippen molar-refractivity contribution >= 4 is 34.2 Å². The van der Waals surface area contributed by atoms with Crippen molar-refractivity contribution in [1.29, 1.82) is 0 Å². The van der Waals surface area contributed by atoms with Crippen LogP contribution < -0.4 is 5.32 Å². The van der Waals surface area contributed by atoms with Gasteiger partial charge in [-0.05, 0) is 12.1 Å². The lowest BCUT2D eigenvalue weighted by Gasteiger charge is -2.02. The van der Waals surface area contributed by atoms with Crippen LogP contribution in [0.25, 0.3) is 11.0 Å². The number of nitrogens with one attached hydrogen (secondary N) is 1. The van der Waals surface area contributed by atoms with E-state index in [1.54, 1.807) is 10.9 Å². The Labute approximate surface area is 107 Å². The first kappa shape index (κ1) is 10.9. The summed E-state index contributed by atoms with van der Waals surface area (Å²) in [4.78, 5) is 20.2. The van der Waals surface area contributed by atoms with Crippen molar-refractivity contribution in [3.8, 4) is 0 Å². The van der Waals surface area contributed by atoms with Crippen LogP contribution in [0.3, 0.4) is 0 Å². The van der Waals surface area contributed by atoms with Gasteiger partial charge in [-0.15, -0.1) is 11.3 Å². The van der Waals surface area contributed by atoms with E-state index in [9.17, 15) is 4.79 Å². The number of amides is 1. The van der Waals surface area contributed by atoms with Gasteiger partial charge in [0, 0.05) is 12.4 Å². The summed E-state index contributed by atoms with van der Waals surface area (Å²) in [7, 11) is 1.87. The van der Waals surface area contributed by atoms with Crippen LogP contribution in [0, 0.1) is 0 Å². The van der Waals surface area contributed by atoms with Gasteiger partial charge < -0.3 is 4.57 Å². The molecule has 1 amide bonds. The Hall–Kier alpha value is -2.21. The minimum atomic E-state index is -0.241. The Morgan fingerprint density at radius 3 is 2.94 bits per heavy atom. The predicted octanol–water partition coefficient (Wildman–Crippen LogP) is 2.28. The standard InChI is InChI=1S/C12H10N4OS/c1-16-10-5-3-2-4-8(10)14-12(16)15-11(17)9-6-18-7-13-9/h2-7H,1H3,(H,14,15,17). The normalized spacial score (nSPS) is 10.7. The molecule has 3 rings (SSSR count). The number of para-hydroxylation sites is 2. The molecule has 0 bridgehead atoms. The van der Waals surface area contributed by atoms with Crippen LogP contribution in [-0.2, 0) is 7.05 Å². The number of aryl methyl sites for hydroxylation is 1. The number of aromatic nitrogens is 3. The zero-order chi connectivity index (χ0) is 12.5. The molecule has 2 aromatic heterocycles. The number of carbonyl (C=O) groups is 1. The fourth-order valence-corrected chi connectivity index (χ4v) is 2.28. The minimum absolute atomic E-state index is 0.241.